The number of carbonyl (C=O) groups is 2. The van der Waals surface area contributed by atoms with Crippen molar-refractivity contribution in [1.29, 1.82) is 5.26 Å². The van der Waals surface area contributed by atoms with E-state index in [9.17, 15) is 9.59 Å². The molecule has 0 radical (unpaired) electrons. The number of carbonyl (C=O) groups excluding carboxylic acids is 2. The maximum Gasteiger partial charge on any atom is 0.320 e. The minimum atomic E-state index is -1.22. The van der Waals surface area contributed by atoms with Gasteiger partial charge in [0.05, 0.1) is 19.1 Å². The van der Waals surface area contributed by atoms with Gasteiger partial charge in [-0.1, -0.05) is 44.9 Å². The van der Waals surface area contributed by atoms with Crippen molar-refractivity contribution in [2.75, 3.05) is 6.61 Å². The highest BCUT2D eigenvalue weighted by Gasteiger charge is 2.45. The Bertz CT molecular complexity index is 386. The molecule has 0 heterocycles. The summed E-state index contributed by atoms with van der Waals surface area (Å²) < 4.78 is 5.12. The Labute approximate surface area is 127 Å². The molecule has 4 heteroatoms. The second-order valence-corrected chi connectivity index (χ2v) is 5.89. The van der Waals surface area contributed by atoms with Crippen molar-refractivity contribution in [3.05, 3.63) is 0 Å². The van der Waals surface area contributed by atoms with Crippen LogP contribution in [0.15, 0.2) is 0 Å². The van der Waals surface area contributed by atoms with Gasteiger partial charge in [-0.05, 0) is 19.8 Å². The molecule has 0 amide bonds. The summed E-state index contributed by atoms with van der Waals surface area (Å²) in [6.45, 7) is 1.98. The van der Waals surface area contributed by atoms with E-state index in [1.165, 1.54) is 12.8 Å². The van der Waals surface area contributed by atoms with Gasteiger partial charge < -0.3 is 4.74 Å². The van der Waals surface area contributed by atoms with Crippen LogP contribution in [0, 0.1) is 16.7 Å². The number of rotatable bonds is 3. The Morgan fingerprint density at radius 1 is 1.14 bits per heavy atom. The third-order valence-corrected chi connectivity index (χ3v) is 4.34. The second kappa shape index (κ2) is 9.55. The molecule has 0 aromatic rings. The molecule has 21 heavy (non-hydrogen) atoms. The molecule has 1 rings (SSSR count). The lowest BCUT2D eigenvalue weighted by Crippen LogP contribution is -2.40. The van der Waals surface area contributed by atoms with Crippen LogP contribution in [0.1, 0.15) is 77.6 Å². The van der Waals surface area contributed by atoms with E-state index in [1.807, 2.05) is 6.07 Å². The summed E-state index contributed by atoms with van der Waals surface area (Å²) in [5.41, 5.74) is -1.22. The molecule has 1 saturated carbocycles. The van der Waals surface area contributed by atoms with Crippen LogP contribution in [0.4, 0.5) is 0 Å². The summed E-state index contributed by atoms with van der Waals surface area (Å²) >= 11 is 0. The van der Waals surface area contributed by atoms with Gasteiger partial charge in [-0.3, -0.25) is 9.59 Å². The topological polar surface area (TPSA) is 67.2 Å². The van der Waals surface area contributed by atoms with Gasteiger partial charge >= 0.3 is 5.97 Å². The lowest BCUT2D eigenvalue weighted by molar-refractivity contribution is -0.160. The third-order valence-electron chi connectivity index (χ3n) is 4.34. The lowest BCUT2D eigenvalue weighted by Gasteiger charge is -2.28. The second-order valence-electron chi connectivity index (χ2n) is 5.89. The zero-order valence-electron chi connectivity index (χ0n) is 13.2. The number of hydrogen-bond donors (Lipinski definition) is 0. The largest absolute Gasteiger partial charge is 0.465 e. The Morgan fingerprint density at radius 3 is 2.29 bits per heavy atom. The molecule has 0 bridgehead atoms. The Balaban J connectivity index is 2.90. The SMILES string of the molecule is CCOC(=O)C1(CC#N)CCCCCCCCCCC1=O. The maximum absolute atomic E-state index is 12.6. The molecule has 0 aliphatic heterocycles. The van der Waals surface area contributed by atoms with Gasteiger partial charge in [-0.15, -0.1) is 0 Å². The summed E-state index contributed by atoms with van der Waals surface area (Å²) in [6.07, 6.45) is 9.20. The quantitative estimate of drug-likeness (QED) is 0.584. The predicted molar refractivity (Wildman–Crippen MR) is 80.5 cm³/mol. The van der Waals surface area contributed by atoms with Crippen LogP contribution in [0.5, 0.6) is 0 Å². The normalized spacial score (nSPS) is 25.2. The molecule has 1 fully saturated rings. The monoisotopic (exact) mass is 293 g/mol. The van der Waals surface area contributed by atoms with E-state index in [0.717, 1.165) is 38.5 Å². The van der Waals surface area contributed by atoms with Crippen molar-refractivity contribution in [1.82, 2.24) is 0 Å². The molecule has 1 aliphatic rings. The van der Waals surface area contributed by atoms with Crippen molar-refractivity contribution in [2.45, 2.75) is 77.6 Å². The molecule has 1 aliphatic carbocycles. The van der Waals surface area contributed by atoms with E-state index in [4.69, 9.17) is 10.00 Å². The summed E-state index contributed by atoms with van der Waals surface area (Å²) in [4.78, 5) is 24.9. The standard InChI is InChI=1S/C17H27NO3/c1-2-21-16(20)17(13-14-18)12-10-8-6-4-3-5-7-9-11-15(17)19/h2-13H2,1H3. The van der Waals surface area contributed by atoms with E-state index in [0.29, 0.717) is 12.8 Å². The molecule has 118 valence electrons. The predicted octanol–water partition coefficient (Wildman–Crippen LogP) is 3.93. The Hall–Kier alpha value is -1.37. The average Bonchev–Trinajstić information content (AvgIpc) is 2.46. The summed E-state index contributed by atoms with van der Waals surface area (Å²) in [5.74, 6) is -0.586. The zero-order valence-corrected chi connectivity index (χ0v) is 13.2. The number of nitriles is 1. The van der Waals surface area contributed by atoms with Gasteiger partial charge in [-0.2, -0.15) is 5.26 Å². The van der Waals surface area contributed by atoms with E-state index >= 15 is 0 Å². The van der Waals surface area contributed by atoms with Gasteiger partial charge in [0.15, 0.2) is 5.78 Å². The summed E-state index contributed by atoms with van der Waals surface area (Å²) in [5, 5.41) is 9.10. The van der Waals surface area contributed by atoms with Crippen LogP contribution in [-0.2, 0) is 14.3 Å². The van der Waals surface area contributed by atoms with Gasteiger partial charge in [0.25, 0.3) is 0 Å². The first-order valence-electron chi connectivity index (χ1n) is 8.25. The van der Waals surface area contributed by atoms with Crippen LogP contribution in [0.25, 0.3) is 0 Å². The molecule has 0 spiro atoms. The zero-order chi connectivity index (χ0) is 15.6. The van der Waals surface area contributed by atoms with Gasteiger partial charge in [0.1, 0.15) is 5.41 Å². The molecule has 1 unspecified atom stereocenters. The van der Waals surface area contributed by atoms with Crippen LogP contribution in [-0.4, -0.2) is 18.4 Å². The first-order chi connectivity index (χ1) is 10.2. The lowest BCUT2D eigenvalue weighted by atomic mass is 9.74. The van der Waals surface area contributed by atoms with Crippen molar-refractivity contribution < 1.29 is 14.3 Å². The minimum Gasteiger partial charge on any atom is -0.465 e. The maximum atomic E-state index is 12.6. The van der Waals surface area contributed by atoms with Gasteiger partial charge in [0.2, 0.25) is 0 Å². The number of ketones is 1. The van der Waals surface area contributed by atoms with Crippen molar-refractivity contribution in [3.63, 3.8) is 0 Å². The first kappa shape index (κ1) is 17.7. The van der Waals surface area contributed by atoms with Crippen molar-refractivity contribution >= 4 is 11.8 Å². The fourth-order valence-electron chi connectivity index (χ4n) is 3.03. The van der Waals surface area contributed by atoms with Crippen molar-refractivity contribution in [2.24, 2.45) is 5.41 Å². The fourth-order valence-corrected chi connectivity index (χ4v) is 3.03. The molecule has 1 atom stereocenters. The van der Waals surface area contributed by atoms with E-state index in [1.54, 1.807) is 6.92 Å². The molecular formula is C17H27NO3. The number of ether oxygens (including phenoxy) is 1. The van der Waals surface area contributed by atoms with Crippen LogP contribution >= 0.6 is 0 Å². The molecule has 4 nitrogen and oxygen atoms in total. The van der Waals surface area contributed by atoms with Crippen LogP contribution < -0.4 is 0 Å². The highest BCUT2D eigenvalue weighted by atomic mass is 16.5. The number of Topliss-reactive ketones (excluding diaryl/α,β-unsaturated/α-hetero) is 1. The first-order valence-corrected chi connectivity index (χ1v) is 8.25. The molecular weight excluding hydrogens is 266 g/mol. The summed E-state index contributed by atoms with van der Waals surface area (Å²) in [6, 6.07) is 2.04. The Morgan fingerprint density at radius 2 is 1.71 bits per heavy atom. The minimum absolute atomic E-state index is 0.0509. The molecule has 0 saturated heterocycles. The van der Waals surface area contributed by atoms with Crippen LogP contribution in [0.2, 0.25) is 0 Å². The van der Waals surface area contributed by atoms with Gasteiger partial charge in [-0.25, -0.2) is 0 Å². The molecule has 0 aromatic carbocycles. The highest BCUT2D eigenvalue weighted by molar-refractivity contribution is 6.04. The van der Waals surface area contributed by atoms with E-state index < -0.39 is 11.4 Å². The number of esters is 1. The highest BCUT2D eigenvalue weighted by Crippen LogP contribution is 2.34. The average molecular weight is 293 g/mol. The molecule has 0 N–H and O–H groups in total. The smallest absolute Gasteiger partial charge is 0.320 e. The van der Waals surface area contributed by atoms with Gasteiger partial charge in [0, 0.05) is 6.42 Å². The third kappa shape index (κ3) is 5.15. The molecule has 0 aromatic heterocycles. The number of hydrogen-bond acceptors (Lipinski definition) is 4. The summed E-state index contributed by atoms with van der Waals surface area (Å²) in [7, 11) is 0. The number of nitrogens with zero attached hydrogens (tertiary/aromatic N) is 1. The van der Waals surface area contributed by atoms with Crippen LogP contribution in [0.3, 0.4) is 0 Å². The fraction of sp³-hybridized carbons (Fsp3) is 0.824. The van der Waals surface area contributed by atoms with E-state index in [-0.39, 0.29) is 18.8 Å². The van der Waals surface area contributed by atoms with Crippen molar-refractivity contribution in [3.8, 4) is 6.07 Å². The van der Waals surface area contributed by atoms with E-state index in [2.05, 4.69) is 0 Å². The Kier molecular flexibility index (Phi) is 8.04.